The summed E-state index contributed by atoms with van der Waals surface area (Å²) in [4.78, 5) is 4.29. The number of anilines is 1. The molecule has 22 heavy (non-hydrogen) atoms. The highest BCUT2D eigenvalue weighted by atomic mass is 19.3. The van der Waals surface area contributed by atoms with Gasteiger partial charge in [0.2, 0.25) is 0 Å². The Hall–Kier alpha value is -2.69. The molecule has 0 amide bonds. The fourth-order valence-electron chi connectivity index (χ4n) is 2.31. The fourth-order valence-corrected chi connectivity index (χ4v) is 2.31. The number of nitrogens with zero attached hydrogens (tertiary/aromatic N) is 1. The van der Waals surface area contributed by atoms with Gasteiger partial charge in [-0.25, -0.2) is 0 Å². The largest absolute Gasteiger partial charge is 0.434 e. The predicted octanol–water partition coefficient (Wildman–Crippen LogP) is 4.45. The third kappa shape index (κ3) is 3.14. The van der Waals surface area contributed by atoms with Gasteiger partial charge in [0.1, 0.15) is 5.75 Å². The van der Waals surface area contributed by atoms with Crippen molar-refractivity contribution >= 4 is 16.6 Å². The molecule has 0 aliphatic heterocycles. The number of hydrogen-bond acceptors (Lipinski definition) is 3. The summed E-state index contributed by atoms with van der Waals surface area (Å²) in [6.07, 6.45) is 1.73. The van der Waals surface area contributed by atoms with E-state index in [0.717, 1.165) is 16.6 Å². The van der Waals surface area contributed by atoms with Gasteiger partial charge in [-0.15, -0.1) is 0 Å². The van der Waals surface area contributed by atoms with Gasteiger partial charge in [-0.2, -0.15) is 8.78 Å². The number of alkyl halides is 2. The maximum Gasteiger partial charge on any atom is 0.387 e. The monoisotopic (exact) mass is 300 g/mol. The Morgan fingerprint density at radius 2 is 1.86 bits per heavy atom. The summed E-state index contributed by atoms with van der Waals surface area (Å²) >= 11 is 0. The van der Waals surface area contributed by atoms with Crippen LogP contribution in [-0.2, 0) is 6.54 Å². The minimum atomic E-state index is -2.83. The molecule has 5 heteroatoms. The predicted molar refractivity (Wildman–Crippen MR) is 82.1 cm³/mol. The molecule has 0 unspecified atom stereocenters. The number of halogens is 2. The van der Waals surface area contributed by atoms with Crippen LogP contribution in [0.4, 0.5) is 14.5 Å². The molecule has 0 radical (unpaired) electrons. The van der Waals surface area contributed by atoms with Crippen molar-refractivity contribution in [1.82, 2.24) is 4.98 Å². The number of rotatable bonds is 5. The SMILES string of the molecule is FC(F)Oc1ccccc1CNc1cccc2ncccc12. The number of nitrogens with one attached hydrogen (secondary N) is 1. The summed E-state index contributed by atoms with van der Waals surface area (Å²) in [7, 11) is 0. The molecular weight excluding hydrogens is 286 g/mol. The van der Waals surface area contributed by atoms with Crippen LogP contribution in [0.15, 0.2) is 60.8 Å². The number of fused-ring (bicyclic) bond motifs is 1. The van der Waals surface area contributed by atoms with Gasteiger partial charge in [-0.1, -0.05) is 24.3 Å². The molecule has 3 rings (SSSR count). The smallest absolute Gasteiger partial charge is 0.387 e. The van der Waals surface area contributed by atoms with E-state index in [1.807, 2.05) is 30.3 Å². The van der Waals surface area contributed by atoms with E-state index in [9.17, 15) is 8.78 Å². The lowest BCUT2D eigenvalue weighted by molar-refractivity contribution is -0.0504. The maximum atomic E-state index is 12.4. The van der Waals surface area contributed by atoms with Gasteiger partial charge >= 0.3 is 6.61 Å². The highest BCUT2D eigenvalue weighted by Gasteiger charge is 2.09. The molecule has 1 N–H and O–H groups in total. The molecule has 0 fully saturated rings. The second-order valence-corrected chi connectivity index (χ2v) is 4.72. The molecular formula is C17H14F2N2O. The number of hydrogen-bond donors (Lipinski definition) is 1. The van der Waals surface area contributed by atoms with Crippen LogP contribution in [0.1, 0.15) is 5.56 Å². The number of pyridine rings is 1. The normalized spacial score (nSPS) is 10.9. The first-order chi connectivity index (χ1) is 10.7. The van der Waals surface area contributed by atoms with Crippen molar-refractivity contribution in [2.24, 2.45) is 0 Å². The van der Waals surface area contributed by atoms with E-state index in [1.54, 1.807) is 24.4 Å². The lowest BCUT2D eigenvalue weighted by atomic mass is 10.1. The number of ether oxygens (including phenoxy) is 1. The van der Waals surface area contributed by atoms with Crippen molar-refractivity contribution < 1.29 is 13.5 Å². The third-order valence-corrected chi connectivity index (χ3v) is 3.30. The molecule has 0 bridgehead atoms. The zero-order valence-electron chi connectivity index (χ0n) is 11.7. The number of para-hydroxylation sites is 1. The molecule has 1 heterocycles. The van der Waals surface area contributed by atoms with Crippen molar-refractivity contribution in [3.05, 3.63) is 66.4 Å². The molecule has 0 saturated heterocycles. The summed E-state index contributed by atoms with van der Waals surface area (Å²) in [5.74, 6) is 0.184. The Kier molecular flexibility index (Phi) is 4.14. The standard InChI is InChI=1S/C17H14F2N2O/c18-17(19)22-16-9-2-1-5-12(16)11-21-15-8-3-7-14-13(15)6-4-10-20-14/h1-10,17,21H,11H2. The lowest BCUT2D eigenvalue weighted by Gasteiger charge is -2.13. The van der Waals surface area contributed by atoms with E-state index in [1.165, 1.54) is 6.07 Å². The Bertz CT molecular complexity index is 772. The van der Waals surface area contributed by atoms with Crippen molar-refractivity contribution in [3.63, 3.8) is 0 Å². The molecule has 3 nitrogen and oxygen atoms in total. The molecule has 0 saturated carbocycles. The number of benzene rings is 2. The van der Waals surface area contributed by atoms with Crippen LogP contribution in [0.3, 0.4) is 0 Å². The van der Waals surface area contributed by atoms with Crippen molar-refractivity contribution in [1.29, 1.82) is 0 Å². The van der Waals surface area contributed by atoms with Gasteiger partial charge in [-0.3, -0.25) is 4.98 Å². The Balaban J connectivity index is 1.83. The Morgan fingerprint density at radius 1 is 1.00 bits per heavy atom. The van der Waals surface area contributed by atoms with E-state index in [0.29, 0.717) is 12.1 Å². The summed E-state index contributed by atoms with van der Waals surface area (Å²) in [5.41, 5.74) is 2.45. The summed E-state index contributed by atoms with van der Waals surface area (Å²) in [6.45, 7) is -2.44. The van der Waals surface area contributed by atoms with E-state index >= 15 is 0 Å². The average Bonchev–Trinajstić information content (AvgIpc) is 2.53. The highest BCUT2D eigenvalue weighted by molar-refractivity contribution is 5.91. The van der Waals surface area contributed by atoms with Crippen molar-refractivity contribution in [3.8, 4) is 5.75 Å². The zero-order valence-corrected chi connectivity index (χ0v) is 11.7. The zero-order chi connectivity index (χ0) is 15.4. The van der Waals surface area contributed by atoms with Crippen LogP contribution in [0, 0.1) is 0 Å². The van der Waals surface area contributed by atoms with Gasteiger partial charge in [-0.05, 0) is 30.3 Å². The molecule has 0 atom stereocenters. The van der Waals surface area contributed by atoms with Crippen LogP contribution >= 0.6 is 0 Å². The molecule has 1 aromatic heterocycles. The first-order valence-electron chi connectivity index (χ1n) is 6.84. The van der Waals surface area contributed by atoms with E-state index in [4.69, 9.17) is 0 Å². The molecule has 0 aliphatic carbocycles. The quantitative estimate of drug-likeness (QED) is 0.756. The van der Waals surface area contributed by atoms with Crippen LogP contribution in [0.2, 0.25) is 0 Å². The van der Waals surface area contributed by atoms with E-state index < -0.39 is 6.61 Å². The summed E-state index contributed by atoms with van der Waals surface area (Å²) < 4.78 is 29.4. The topological polar surface area (TPSA) is 34.1 Å². The molecule has 0 spiro atoms. The third-order valence-electron chi connectivity index (χ3n) is 3.30. The average molecular weight is 300 g/mol. The lowest BCUT2D eigenvalue weighted by Crippen LogP contribution is -2.07. The first-order valence-corrected chi connectivity index (χ1v) is 6.84. The second kappa shape index (κ2) is 6.39. The van der Waals surface area contributed by atoms with E-state index in [-0.39, 0.29) is 5.75 Å². The van der Waals surface area contributed by atoms with Gasteiger partial charge in [0.25, 0.3) is 0 Å². The summed E-state index contributed by atoms with van der Waals surface area (Å²) in [6, 6.07) is 16.3. The van der Waals surface area contributed by atoms with Crippen LogP contribution in [-0.4, -0.2) is 11.6 Å². The van der Waals surface area contributed by atoms with Gasteiger partial charge in [0, 0.05) is 29.4 Å². The van der Waals surface area contributed by atoms with Gasteiger partial charge in [0.15, 0.2) is 0 Å². The van der Waals surface area contributed by atoms with Gasteiger partial charge in [0.05, 0.1) is 5.52 Å². The molecule has 3 aromatic rings. The molecule has 2 aromatic carbocycles. The molecule has 112 valence electrons. The van der Waals surface area contributed by atoms with E-state index in [2.05, 4.69) is 15.0 Å². The highest BCUT2D eigenvalue weighted by Crippen LogP contribution is 2.25. The Labute approximate surface area is 126 Å². The van der Waals surface area contributed by atoms with Crippen LogP contribution in [0.25, 0.3) is 10.9 Å². The minimum absolute atomic E-state index is 0.184. The van der Waals surface area contributed by atoms with Crippen molar-refractivity contribution in [2.75, 3.05) is 5.32 Å². The second-order valence-electron chi connectivity index (χ2n) is 4.72. The Morgan fingerprint density at radius 3 is 2.73 bits per heavy atom. The molecule has 0 aliphatic rings. The van der Waals surface area contributed by atoms with Crippen LogP contribution < -0.4 is 10.1 Å². The van der Waals surface area contributed by atoms with Crippen LogP contribution in [0.5, 0.6) is 5.75 Å². The fraction of sp³-hybridized carbons (Fsp3) is 0.118. The van der Waals surface area contributed by atoms with Gasteiger partial charge < -0.3 is 10.1 Å². The maximum absolute atomic E-state index is 12.4. The first kappa shape index (κ1) is 14.3. The van der Waals surface area contributed by atoms with Crippen molar-refractivity contribution in [2.45, 2.75) is 13.2 Å². The summed E-state index contributed by atoms with van der Waals surface area (Å²) in [5, 5.41) is 4.24. The number of aromatic nitrogens is 1. The minimum Gasteiger partial charge on any atom is -0.434 e.